The molecular weight excluding hydrogens is 280 g/mol. The van der Waals surface area contributed by atoms with Gasteiger partial charge in [0.05, 0.1) is 13.2 Å². The van der Waals surface area contributed by atoms with Crippen molar-refractivity contribution in [3.05, 3.63) is 0 Å². The Labute approximate surface area is 128 Å². The first-order valence-corrected chi connectivity index (χ1v) is 7.38. The summed E-state index contributed by atoms with van der Waals surface area (Å²) < 4.78 is 10.6. The van der Waals surface area contributed by atoms with Crippen molar-refractivity contribution in [3.63, 3.8) is 0 Å². The summed E-state index contributed by atoms with van der Waals surface area (Å²) in [6, 6.07) is 0.212. The van der Waals surface area contributed by atoms with Crippen LogP contribution < -0.4 is 11.1 Å². The van der Waals surface area contributed by atoms with Crippen LogP contribution >= 0.6 is 12.4 Å². The summed E-state index contributed by atoms with van der Waals surface area (Å²) >= 11 is 0. The van der Waals surface area contributed by atoms with Gasteiger partial charge in [-0.15, -0.1) is 12.4 Å². The van der Waals surface area contributed by atoms with Crippen LogP contribution in [0.25, 0.3) is 0 Å². The molecule has 1 saturated carbocycles. The van der Waals surface area contributed by atoms with Gasteiger partial charge in [-0.2, -0.15) is 0 Å². The van der Waals surface area contributed by atoms with E-state index in [2.05, 4.69) is 5.32 Å². The monoisotopic (exact) mass is 308 g/mol. The summed E-state index contributed by atoms with van der Waals surface area (Å²) in [5.74, 6) is 0.371. The van der Waals surface area contributed by atoms with Crippen molar-refractivity contribution in [3.8, 4) is 0 Å². The molecule has 6 heteroatoms. The van der Waals surface area contributed by atoms with Gasteiger partial charge in [-0.25, -0.2) is 0 Å². The van der Waals surface area contributed by atoms with E-state index in [4.69, 9.17) is 15.2 Å². The van der Waals surface area contributed by atoms with Crippen molar-refractivity contribution < 1.29 is 14.3 Å². The molecule has 0 aromatic carbocycles. The SMILES string of the molecule is CCOCCOC(C)C(=O)NC1CCCCC1CN.Cl. The molecule has 0 spiro atoms. The van der Waals surface area contributed by atoms with Crippen molar-refractivity contribution in [1.82, 2.24) is 5.32 Å². The molecule has 120 valence electrons. The second-order valence-corrected chi connectivity index (χ2v) is 5.11. The number of ether oxygens (including phenoxy) is 2. The minimum atomic E-state index is -0.430. The van der Waals surface area contributed by atoms with E-state index in [-0.39, 0.29) is 24.4 Å². The van der Waals surface area contributed by atoms with E-state index < -0.39 is 6.10 Å². The van der Waals surface area contributed by atoms with Gasteiger partial charge in [-0.05, 0) is 39.2 Å². The number of carbonyl (C=O) groups is 1. The van der Waals surface area contributed by atoms with Gasteiger partial charge in [0.25, 0.3) is 0 Å². The molecule has 1 rings (SSSR count). The zero-order valence-corrected chi connectivity index (χ0v) is 13.4. The Kier molecular flexibility index (Phi) is 11.1. The molecule has 3 N–H and O–H groups in total. The number of carbonyl (C=O) groups excluding carboxylic acids is 1. The third-order valence-corrected chi connectivity index (χ3v) is 3.71. The molecule has 1 aliphatic rings. The van der Waals surface area contributed by atoms with Crippen molar-refractivity contribution in [2.75, 3.05) is 26.4 Å². The van der Waals surface area contributed by atoms with Crippen LogP contribution in [-0.4, -0.2) is 44.4 Å². The van der Waals surface area contributed by atoms with Crippen LogP contribution in [0, 0.1) is 5.92 Å². The molecule has 0 bridgehead atoms. The molecular formula is C14H29ClN2O3. The van der Waals surface area contributed by atoms with Crippen molar-refractivity contribution in [2.45, 2.75) is 51.7 Å². The highest BCUT2D eigenvalue weighted by atomic mass is 35.5. The average molecular weight is 309 g/mol. The highest BCUT2D eigenvalue weighted by molar-refractivity contribution is 5.85. The van der Waals surface area contributed by atoms with E-state index in [1.807, 2.05) is 6.92 Å². The molecule has 1 aliphatic carbocycles. The Balaban J connectivity index is 0.00000361. The third-order valence-electron chi connectivity index (χ3n) is 3.71. The lowest BCUT2D eigenvalue weighted by Crippen LogP contribution is -2.48. The first-order valence-electron chi connectivity index (χ1n) is 7.38. The highest BCUT2D eigenvalue weighted by Crippen LogP contribution is 2.23. The molecule has 0 aromatic rings. The van der Waals surface area contributed by atoms with Crippen molar-refractivity contribution in [2.24, 2.45) is 11.7 Å². The summed E-state index contributed by atoms with van der Waals surface area (Å²) in [6.45, 7) is 6.01. The van der Waals surface area contributed by atoms with Crippen LogP contribution in [0.15, 0.2) is 0 Å². The number of nitrogens with one attached hydrogen (secondary N) is 1. The lowest BCUT2D eigenvalue weighted by atomic mass is 9.84. The topological polar surface area (TPSA) is 73.6 Å². The lowest BCUT2D eigenvalue weighted by Gasteiger charge is -2.32. The number of halogens is 1. The fraction of sp³-hybridized carbons (Fsp3) is 0.929. The maximum Gasteiger partial charge on any atom is 0.249 e. The summed E-state index contributed by atoms with van der Waals surface area (Å²) in [7, 11) is 0. The Morgan fingerprint density at radius 2 is 2.05 bits per heavy atom. The molecule has 20 heavy (non-hydrogen) atoms. The highest BCUT2D eigenvalue weighted by Gasteiger charge is 2.26. The van der Waals surface area contributed by atoms with E-state index in [9.17, 15) is 4.79 Å². The zero-order valence-electron chi connectivity index (χ0n) is 12.6. The Bertz CT molecular complexity index is 267. The molecule has 1 amide bonds. The summed E-state index contributed by atoms with van der Waals surface area (Å²) in [4.78, 5) is 12.0. The number of hydrogen-bond acceptors (Lipinski definition) is 4. The van der Waals surface area contributed by atoms with E-state index in [0.29, 0.717) is 32.3 Å². The standard InChI is InChI=1S/C14H28N2O3.ClH/c1-3-18-8-9-19-11(2)14(17)16-13-7-5-4-6-12(13)10-15;/h11-13H,3-10,15H2,1-2H3,(H,16,17);1H. The predicted octanol–water partition coefficient (Wildman–Crippen LogP) is 1.48. The number of hydrogen-bond donors (Lipinski definition) is 2. The first kappa shape index (κ1) is 19.6. The minimum Gasteiger partial charge on any atom is -0.379 e. The van der Waals surface area contributed by atoms with Gasteiger partial charge in [0.1, 0.15) is 6.10 Å². The van der Waals surface area contributed by atoms with Gasteiger partial charge in [0, 0.05) is 12.6 Å². The Morgan fingerprint density at radius 3 is 2.70 bits per heavy atom. The molecule has 5 nitrogen and oxygen atoms in total. The fourth-order valence-corrected chi connectivity index (χ4v) is 2.48. The van der Waals surface area contributed by atoms with Crippen LogP contribution in [0.1, 0.15) is 39.5 Å². The molecule has 1 fully saturated rings. The summed E-state index contributed by atoms with van der Waals surface area (Å²) in [5.41, 5.74) is 5.76. The lowest BCUT2D eigenvalue weighted by molar-refractivity contribution is -0.134. The number of amides is 1. The predicted molar refractivity (Wildman–Crippen MR) is 82.1 cm³/mol. The maximum atomic E-state index is 12.0. The maximum absolute atomic E-state index is 12.0. The van der Waals surface area contributed by atoms with Crippen LogP contribution in [0.5, 0.6) is 0 Å². The smallest absolute Gasteiger partial charge is 0.249 e. The van der Waals surface area contributed by atoms with Gasteiger partial charge in [-0.3, -0.25) is 4.79 Å². The molecule has 0 aliphatic heterocycles. The molecule has 3 atom stereocenters. The van der Waals surface area contributed by atoms with E-state index in [0.717, 1.165) is 12.8 Å². The third kappa shape index (κ3) is 6.88. The molecule has 3 unspecified atom stereocenters. The fourth-order valence-electron chi connectivity index (χ4n) is 2.48. The van der Waals surface area contributed by atoms with Gasteiger partial charge >= 0.3 is 0 Å². The van der Waals surface area contributed by atoms with Gasteiger partial charge in [0.2, 0.25) is 5.91 Å². The molecule has 0 radical (unpaired) electrons. The van der Waals surface area contributed by atoms with E-state index in [1.165, 1.54) is 12.8 Å². The second kappa shape index (κ2) is 11.3. The Hall–Kier alpha value is -0.360. The van der Waals surface area contributed by atoms with Gasteiger partial charge in [-0.1, -0.05) is 12.8 Å². The molecule has 0 heterocycles. The number of nitrogens with two attached hydrogens (primary N) is 1. The van der Waals surface area contributed by atoms with Gasteiger partial charge < -0.3 is 20.5 Å². The van der Waals surface area contributed by atoms with Crippen LogP contribution in [0.4, 0.5) is 0 Å². The Morgan fingerprint density at radius 1 is 1.35 bits per heavy atom. The van der Waals surface area contributed by atoms with Crippen molar-refractivity contribution >= 4 is 18.3 Å². The first-order chi connectivity index (χ1) is 9.19. The molecule has 0 aromatic heterocycles. The second-order valence-electron chi connectivity index (χ2n) is 5.11. The van der Waals surface area contributed by atoms with E-state index in [1.54, 1.807) is 6.92 Å². The minimum absolute atomic E-state index is 0. The van der Waals surface area contributed by atoms with Crippen LogP contribution in [0.3, 0.4) is 0 Å². The largest absolute Gasteiger partial charge is 0.379 e. The normalized spacial score (nSPS) is 23.8. The van der Waals surface area contributed by atoms with Crippen LogP contribution in [-0.2, 0) is 14.3 Å². The summed E-state index contributed by atoms with van der Waals surface area (Å²) in [5, 5.41) is 3.08. The van der Waals surface area contributed by atoms with E-state index >= 15 is 0 Å². The van der Waals surface area contributed by atoms with Gasteiger partial charge in [0.15, 0.2) is 0 Å². The quantitative estimate of drug-likeness (QED) is 0.666. The average Bonchev–Trinajstić information content (AvgIpc) is 2.44. The van der Waals surface area contributed by atoms with Crippen molar-refractivity contribution in [1.29, 1.82) is 0 Å². The molecule has 0 saturated heterocycles. The zero-order chi connectivity index (χ0) is 14.1. The number of rotatable bonds is 8. The van der Waals surface area contributed by atoms with Crippen LogP contribution in [0.2, 0.25) is 0 Å². The summed E-state index contributed by atoms with van der Waals surface area (Å²) in [6.07, 6.45) is 4.09.